The highest BCUT2D eigenvalue weighted by molar-refractivity contribution is 8.01. The van der Waals surface area contributed by atoms with Crippen molar-refractivity contribution in [2.75, 3.05) is 26.9 Å². The molecule has 2 unspecified atom stereocenters. The second kappa shape index (κ2) is 7.26. The number of aromatic hydroxyl groups is 1. The molecular weight excluding hydrogens is 397 g/mol. The third-order valence-electron chi connectivity index (χ3n) is 3.89. The van der Waals surface area contributed by atoms with Crippen molar-refractivity contribution in [2.45, 2.75) is 21.8 Å². The average Bonchev–Trinajstić information content (AvgIpc) is 2.55. The SMILES string of the molecule is COCCOCC1C(Cl)Sc2cc(C(F)(F)F)cc3c(O)nc(=O)n1c23. The number of thioether (sulfide) groups is 1. The van der Waals surface area contributed by atoms with E-state index < -0.39 is 34.1 Å². The summed E-state index contributed by atoms with van der Waals surface area (Å²) in [7, 11) is 1.51. The fourth-order valence-corrected chi connectivity index (χ4v) is 4.29. The molecule has 2 aromatic rings. The molecule has 2 atom stereocenters. The monoisotopic (exact) mass is 410 g/mol. The van der Waals surface area contributed by atoms with Gasteiger partial charge in [-0.2, -0.15) is 18.2 Å². The number of aromatic nitrogens is 2. The topological polar surface area (TPSA) is 73.6 Å². The number of hydrogen-bond acceptors (Lipinski definition) is 6. The van der Waals surface area contributed by atoms with E-state index in [0.29, 0.717) is 6.61 Å². The normalized spacial score (nSPS) is 19.9. The van der Waals surface area contributed by atoms with Gasteiger partial charge in [-0.05, 0) is 12.1 Å². The third kappa shape index (κ3) is 3.51. The van der Waals surface area contributed by atoms with E-state index in [1.807, 2.05) is 0 Å². The predicted octanol–water partition coefficient (Wildman–Crippen LogP) is 3.00. The lowest BCUT2D eigenvalue weighted by molar-refractivity contribution is -0.137. The van der Waals surface area contributed by atoms with Crippen molar-refractivity contribution in [3.8, 4) is 5.88 Å². The van der Waals surface area contributed by atoms with Crippen LogP contribution in [0.4, 0.5) is 13.2 Å². The average molecular weight is 411 g/mol. The van der Waals surface area contributed by atoms with Crippen LogP contribution in [-0.4, -0.2) is 46.3 Å². The molecule has 0 spiro atoms. The lowest BCUT2D eigenvalue weighted by atomic mass is 10.1. The molecule has 0 saturated carbocycles. The molecule has 3 rings (SSSR count). The molecule has 26 heavy (non-hydrogen) atoms. The van der Waals surface area contributed by atoms with Crippen LogP contribution in [0.15, 0.2) is 21.8 Å². The van der Waals surface area contributed by atoms with Gasteiger partial charge in [0.2, 0.25) is 5.88 Å². The smallest absolute Gasteiger partial charge is 0.416 e. The van der Waals surface area contributed by atoms with Gasteiger partial charge in [-0.1, -0.05) is 0 Å². The molecule has 0 saturated heterocycles. The minimum atomic E-state index is -4.61. The van der Waals surface area contributed by atoms with Crippen LogP contribution in [0.1, 0.15) is 11.6 Å². The van der Waals surface area contributed by atoms with Gasteiger partial charge in [0.1, 0.15) is 4.71 Å². The molecule has 6 nitrogen and oxygen atoms in total. The zero-order chi connectivity index (χ0) is 19.1. The highest BCUT2D eigenvalue weighted by Crippen LogP contribution is 2.46. The Labute approximate surface area is 154 Å². The Morgan fingerprint density at radius 1 is 1.38 bits per heavy atom. The highest BCUT2D eigenvalue weighted by Gasteiger charge is 2.37. The first-order chi connectivity index (χ1) is 12.2. The minimum Gasteiger partial charge on any atom is -0.493 e. The Hall–Kier alpha value is -1.49. The van der Waals surface area contributed by atoms with Gasteiger partial charge in [0, 0.05) is 12.0 Å². The van der Waals surface area contributed by atoms with Crippen molar-refractivity contribution in [1.29, 1.82) is 0 Å². The van der Waals surface area contributed by atoms with Crippen LogP contribution in [0.3, 0.4) is 0 Å². The number of nitrogens with zero attached hydrogens (tertiary/aromatic N) is 2. The molecule has 11 heteroatoms. The van der Waals surface area contributed by atoms with E-state index in [4.69, 9.17) is 21.1 Å². The summed E-state index contributed by atoms with van der Waals surface area (Å²) in [5.74, 6) is -0.749. The summed E-state index contributed by atoms with van der Waals surface area (Å²) >= 11 is 7.29. The zero-order valence-corrected chi connectivity index (χ0v) is 15.0. The molecule has 0 amide bonds. The summed E-state index contributed by atoms with van der Waals surface area (Å²) in [5, 5.41) is 9.77. The Kier molecular flexibility index (Phi) is 5.38. The summed E-state index contributed by atoms with van der Waals surface area (Å²) in [5.41, 5.74) is -1.59. The number of halogens is 4. The third-order valence-corrected chi connectivity index (χ3v) is 5.55. The van der Waals surface area contributed by atoms with Crippen molar-refractivity contribution < 1.29 is 27.8 Å². The van der Waals surface area contributed by atoms with E-state index in [-0.39, 0.29) is 29.0 Å². The number of hydrogen-bond donors (Lipinski definition) is 1. The van der Waals surface area contributed by atoms with E-state index in [0.717, 1.165) is 23.9 Å². The Morgan fingerprint density at radius 2 is 2.12 bits per heavy atom. The maximum atomic E-state index is 13.1. The molecule has 1 aromatic heterocycles. The summed E-state index contributed by atoms with van der Waals surface area (Å²) < 4.78 is 50.1. The van der Waals surface area contributed by atoms with Gasteiger partial charge in [-0.25, -0.2) is 4.79 Å². The van der Waals surface area contributed by atoms with Crippen LogP contribution in [-0.2, 0) is 15.7 Å². The van der Waals surface area contributed by atoms with Gasteiger partial charge in [0.15, 0.2) is 0 Å². The first-order valence-electron chi connectivity index (χ1n) is 7.48. The Bertz CT molecular complexity index is 890. The number of benzene rings is 1. The maximum absolute atomic E-state index is 13.1. The van der Waals surface area contributed by atoms with Crippen molar-refractivity contribution in [3.05, 3.63) is 28.2 Å². The van der Waals surface area contributed by atoms with Crippen LogP contribution >= 0.6 is 23.4 Å². The predicted molar refractivity (Wildman–Crippen MR) is 89.9 cm³/mol. The lowest BCUT2D eigenvalue weighted by Gasteiger charge is -2.31. The van der Waals surface area contributed by atoms with E-state index in [2.05, 4.69) is 4.98 Å². The fraction of sp³-hybridized carbons (Fsp3) is 0.467. The summed E-state index contributed by atoms with van der Waals surface area (Å²) in [6.45, 7) is 0.660. The van der Waals surface area contributed by atoms with Crippen LogP contribution in [0.2, 0.25) is 0 Å². The van der Waals surface area contributed by atoms with Gasteiger partial charge < -0.3 is 14.6 Å². The Morgan fingerprint density at radius 3 is 2.77 bits per heavy atom. The van der Waals surface area contributed by atoms with Gasteiger partial charge in [-0.15, -0.1) is 23.4 Å². The molecule has 142 valence electrons. The van der Waals surface area contributed by atoms with Gasteiger partial charge in [-0.3, -0.25) is 4.57 Å². The summed E-state index contributed by atoms with van der Waals surface area (Å²) in [6.07, 6.45) is -4.61. The quantitative estimate of drug-likeness (QED) is 0.603. The fourth-order valence-electron chi connectivity index (χ4n) is 2.70. The zero-order valence-electron chi connectivity index (χ0n) is 13.4. The molecule has 0 aliphatic carbocycles. The van der Waals surface area contributed by atoms with Crippen molar-refractivity contribution in [3.63, 3.8) is 0 Å². The molecule has 0 bridgehead atoms. The molecule has 2 heterocycles. The number of alkyl halides is 4. The first-order valence-corrected chi connectivity index (χ1v) is 8.79. The molecule has 1 aliphatic heterocycles. The van der Waals surface area contributed by atoms with Crippen molar-refractivity contribution in [2.24, 2.45) is 0 Å². The number of ether oxygens (including phenoxy) is 2. The molecule has 0 fully saturated rings. The van der Waals surface area contributed by atoms with Gasteiger partial charge >= 0.3 is 11.9 Å². The molecule has 1 aromatic carbocycles. The highest BCUT2D eigenvalue weighted by atomic mass is 35.5. The molecule has 0 radical (unpaired) electrons. The summed E-state index contributed by atoms with van der Waals surface area (Å²) in [4.78, 5) is 15.9. The lowest BCUT2D eigenvalue weighted by Crippen LogP contribution is -2.36. The van der Waals surface area contributed by atoms with E-state index in [9.17, 15) is 23.1 Å². The Balaban J connectivity index is 2.15. The standard InChI is InChI=1S/C15H14ClF3N2O4S/c1-24-2-3-25-6-9-12(16)26-10-5-7(15(17,18)19)4-8-11(10)21(9)14(23)20-13(8)22/h4-5,9,12H,2-3,6H2,1H3,(H,20,22,23). The van der Waals surface area contributed by atoms with Gasteiger partial charge in [0.05, 0.1) is 42.3 Å². The second-order valence-corrected chi connectivity index (χ2v) is 7.47. The van der Waals surface area contributed by atoms with E-state index in [1.54, 1.807) is 0 Å². The van der Waals surface area contributed by atoms with Crippen LogP contribution in [0, 0.1) is 0 Å². The summed E-state index contributed by atoms with van der Waals surface area (Å²) in [6, 6.07) is 1.03. The largest absolute Gasteiger partial charge is 0.493 e. The van der Waals surface area contributed by atoms with E-state index >= 15 is 0 Å². The van der Waals surface area contributed by atoms with Crippen molar-refractivity contribution in [1.82, 2.24) is 9.55 Å². The van der Waals surface area contributed by atoms with E-state index in [1.165, 1.54) is 11.7 Å². The first kappa shape index (κ1) is 19.3. The van der Waals surface area contributed by atoms with Crippen LogP contribution < -0.4 is 5.69 Å². The van der Waals surface area contributed by atoms with Gasteiger partial charge in [0.25, 0.3) is 0 Å². The van der Waals surface area contributed by atoms with Crippen LogP contribution in [0.25, 0.3) is 10.9 Å². The molecular formula is C15H14ClF3N2O4S. The number of rotatable bonds is 5. The number of methoxy groups -OCH3 is 1. The second-order valence-electron chi connectivity index (χ2n) is 5.56. The molecule has 1 N–H and O–H groups in total. The van der Waals surface area contributed by atoms with Crippen molar-refractivity contribution >= 4 is 34.3 Å². The molecule has 1 aliphatic rings. The minimum absolute atomic E-state index is 0.0481. The maximum Gasteiger partial charge on any atom is 0.416 e. The van der Waals surface area contributed by atoms with Crippen LogP contribution in [0.5, 0.6) is 5.88 Å².